The van der Waals surface area contributed by atoms with Crippen LogP contribution in [0.5, 0.6) is 0 Å². The Morgan fingerprint density at radius 3 is 2.63 bits per heavy atom. The number of carbonyl (C=O) groups is 1. The Morgan fingerprint density at radius 1 is 1.32 bits per heavy atom. The first-order chi connectivity index (χ1) is 9.00. The Balaban J connectivity index is 2.23. The molecule has 0 spiro atoms. The zero-order valence-electron chi connectivity index (χ0n) is 10.6. The average Bonchev–Trinajstić information content (AvgIpc) is 2.90. The van der Waals surface area contributed by atoms with Crippen LogP contribution in [0.3, 0.4) is 0 Å². The summed E-state index contributed by atoms with van der Waals surface area (Å²) in [4.78, 5) is 13.9. The molecule has 1 aromatic carbocycles. The summed E-state index contributed by atoms with van der Waals surface area (Å²) in [5.74, 6) is -0.0141. The molecule has 0 radical (unpaired) electrons. The molecular weight excluding hydrogens is 301 g/mol. The van der Waals surface area contributed by atoms with Gasteiger partial charge in [0.25, 0.3) is 5.91 Å². The third-order valence-electron chi connectivity index (χ3n) is 3.08. The van der Waals surface area contributed by atoms with E-state index in [2.05, 4.69) is 0 Å². The fraction of sp³-hybridized carbons (Fsp3) is 0.214. The predicted octanol–water partition coefficient (Wildman–Crippen LogP) is 4.89. The molecule has 0 bridgehead atoms. The highest BCUT2D eigenvalue weighted by Crippen LogP contribution is 2.29. The number of rotatable bonds is 3. The zero-order valence-corrected chi connectivity index (χ0v) is 12.9. The van der Waals surface area contributed by atoms with Crippen molar-refractivity contribution in [2.24, 2.45) is 0 Å². The smallest absolute Gasteiger partial charge is 0.254 e. The van der Waals surface area contributed by atoms with Crippen LogP contribution in [0.25, 0.3) is 0 Å². The molecule has 1 aromatic heterocycles. The molecule has 2 aromatic rings. The van der Waals surface area contributed by atoms with E-state index in [0.717, 1.165) is 5.56 Å². The first-order valence-corrected chi connectivity index (χ1v) is 7.45. The van der Waals surface area contributed by atoms with Crippen molar-refractivity contribution in [3.63, 3.8) is 0 Å². The van der Waals surface area contributed by atoms with Gasteiger partial charge in [-0.05, 0) is 36.1 Å². The van der Waals surface area contributed by atoms with E-state index < -0.39 is 0 Å². The maximum absolute atomic E-state index is 12.3. The normalized spacial score (nSPS) is 12.2. The van der Waals surface area contributed by atoms with E-state index in [-0.39, 0.29) is 11.9 Å². The zero-order chi connectivity index (χ0) is 14.0. The first kappa shape index (κ1) is 14.4. The van der Waals surface area contributed by atoms with Crippen LogP contribution in [0.15, 0.2) is 35.0 Å². The summed E-state index contributed by atoms with van der Waals surface area (Å²) in [5, 5.41) is 4.90. The van der Waals surface area contributed by atoms with Crippen LogP contribution < -0.4 is 0 Å². The molecule has 0 aliphatic heterocycles. The van der Waals surface area contributed by atoms with Crippen molar-refractivity contribution in [2.45, 2.75) is 13.0 Å². The van der Waals surface area contributed by atoms with Gasteiger partial charge >= 0.3 is 0 Å². The van der Waals surface area contributed by atoms with E-state index in [0.29, 0.717) is 15.6 Å². The van der Waals surface area contributed by atoms with Crippen LogP contribution >= 0.6 is 34.5 Å². The van der Waals surface area contributed by atoms with Crippen molar-refractivity contribution >= 4 is 40.4 Å². The second kappa shape index (κ2) is 5.95. The predicted molar refractivity (Wildman–Crippen MR) is 81.3 cm³/mol. The van der Waals surface area contributed by atoms with Crippen LogP contribution in [0, 0.1) is 0 Å². The lowest BCUT2D eigenvalue weighted by Crippen LogP contribution is -2.29. The summed E-state index contributed by atoms with van der Waals surface area (Å²) in [5.41, 5.74) is 1.58. The van der Waals surface area contributed by atoms with Gasteiger partial charge in [0.15, 0.2) is 0 Å². The fourth-order valence-corrected chi connectivity index (χ4v) is 3.01. The highest BCUT2D eigenvalue weighted by molar-refractivity contribution is 7.08. The van der Waals surface area contributed by atoms with Gasteiger partial charge in [-0.15, -0.1) is 0 Å². The van der Waals surface area contributed by atoms with Gasteiger partial charge in [-0.1, -0.05) is 29.3 Å². The summed E-state index contributed by atoms with van der Waals surface area (Å²) in [6.07, 6.45) is 0. The quantitative estimate of drug-likeness (QED) is 0.790. The lowest BCUT2D eigenvalue weighted by molar-refractivity contribution is 0.0743. The Morgan fingerprint density at radius 2 is 2.05 bits per heavy atom. The van der Waals surface area contributed by atoms with Gasteiger partial charge in [0, 0.05) is 22.5 Å². The van der Waals surface area contributed by atoms with Crippen molar-refractivity contribution in [3.05, 3.63) is 56.2 Å². The number of thiophene rings is 1. The standard InChI is InChI=1S/C14H13Cl2NOS/c1-9(12-4-3-11(15)7-13(12)16)17(2)14(18)10-5-6-19-8-10/h3-9H,1-2H3. The third kappa shape index (κ3) is 3.11. The minimum atomic E-state index is -0.114. The van der Waals surface area contributed by atoms with E-state index >= 15 is 0 Å². The Labute approximate surface area is 126 Å². The number of carbonyl (C=O) groups excluding carboxylic acids is 1. The molecule has 19 heavy (non-hydrogen) atoms. The van der Waals surface area contributed by atoms with Gasteiger partial charge in [-0.25, -0.2) is 0 Å². The van der Waals surface area contributed by atoms with Crippen LogP contribution in [0.2, 0.25) is 10.0 Å². The second-order valence-corrected chi connectivity index (χ2v) is 5.89. The summed E-state index contributed by atoms with van der Waals surface area (Å²) < 4.78 is 0. The van der Waals surface area contributed by atoms with Gasteiger partial charge in [0.05, 0.1) is 11.6 Å². The molecule has 1 atom stereocenters. The molecule has 0 N–H and O–H groups in total. The number of nitrogens with zero attached hydrogens (tertiary/aromatic N) is 1. The molecule has 2 nitrogen and oxygen atoms in total. The average molecular weight is 314 g/mol. The van der Waals surface area contributed by atoms with Crippen molar-refractivity contribution < 1.29 is 4.79 Å². The van der Waals surface area contributed by atoms with Gasteiger partial charge in [0.1, 0.15) is 0 Å². The van der Waals surface area contributed by atoms with Crippen molar-refractivity contribution in [3.8, 4) is 0 Å². The van der Waals surface area contributed by atoms with Gasteiger partial charge in [0.2, 0.25) is 0 Å². The molecular formula is C14H13Cl2NOS. The lowest BCUT2D eigenvalue weighted by Gasteiger charge is -2.26. The third-order valence-corrected chi connectivity index (χ3v) is 4.33. The highest BCUT2D eigenvalue weighted by Gasteiger charge is 2.20. The summed E-state index contributed by atoms with van der Waals surface area (Å²) in [7, 11) is 1.77. The van der Waals surface area contributed by atoms with Crippen LogP contribution in [0.1, 0.15) is 28.9 Å². The molecule has 0 aliphatic rings. The molecule has 0 saturated heterocycles. The summed E-state index contributed by atoms with van der Waals surface area (Å²) >= 11 is 13.6. The first-order valence-electron chi connectivity index (χ1n) is 5.75. The molecule has 1 amide bonds. The molecule has 0 fully saturated rings. The summed E-state index contributed by atoms with van der Waals surface area (Å²) in [6, 6.07) is 7.03. The van der Waals surface area contributed by atoms with Gasteiger partial charge in [-0.2, -0.15) is 11.3 Å². The maximum atomic E-state index is 12.3. The molecule has 5 heteroatoms. The topological polar surface area (TPSA) is 20.3 Å². The Bertz CT molecular complexity index is 583. The van der Waals surface area contributed by atoms with E-state index in [1.807, 2.05) is 29.8 Å². The minimum Gasteiger partial charge on any atom is -0.335 e. The number of hydrogen-bond acceptors (Lipinski definition) is 2. The molecule has 0 saturated carbocycles. The number of halogens is 2. The second-order valence-electron chi connectivity index (χ2n) is 4.27. The maximum Gasteiger partial charge on any atom is 0.254 e. The monoisotopic (exact) mass is 313 g/mol. The SMILES string of the molecule is CC(c1ccc(Cl)cc1Cl)N(C)C(=O)c1ccsc1. The van der Waals surface area contributed by atoms with E-state index in [1.54, 1.807) is 24.1 Å². The molecule has 1 unspecified atom stereocenters. The van der Waals surface area contributed by atoms with Crippen LogP contribution in [0.4, 0.5) is 0 Å². The number of amides is 1. The highest BCUT2D eigenvalue weighted by atomic mass is 35.5. The largest absolute Gasteiger partial charge is 0.335 e. The van der Waals surface area contributed by atoms with Crippen molar-refractivity contribution in [2.75, 3.05) is 7.05 Å². The number of hydrogen-bond donors (Lipinski definition) is 0. The molecule has 0 aliphatic carbocycles. The molecule has 100 valence electrons. The molecule has 2 rings (SSSR count). The number of benzene rings is 1. The van der Waals surface area contributed by atoms with Crippen molar-refractivity contribution in [1.29, 1.82) is 0 Å². The van der Waals surface area contributed by atoms with E-state index in [4.69, 9.17) is 23.2 Å². The van der Waals surface area contributed by atoms with Gasteiger partial charge < -0.3 is 4.90 Å². The van der Waals surface area contributed by atoms with Crippen LogP contribution in [-0.4, -0.2) is 17.9 Å². The van der Waals surface area contributed by atoms with E-state index in [9.17, 15) is 4.79 Å². The van der Waals surface area contributed by atoms with Crippen LogP contribution in [-0.2, 0) is 0 Å². The fourth-order valence-electron chi connectivity index (χ4n) is 1.81. The Kier molecular flexibility index (Phi) is 4.50. The van der Waals surface area contributed by atoms with Gasteiger partial charge in [-0.3, -0.25) is 4.79 Å². The minimum absolute atomic E-state index is 0.0141. The molecule has 1 heterocycles. The Hall–Kier alpha value is -1.03. The van der Waals surface area contributed by atoms with E-state index in [1.165, 1.54) is 11.3 Å². The van der Waals surface area contributed by atoms with Crippen molar-refractivity contribution in [1.82, 2.24) is 4.90 Å². The lowest BCUT2D eigenvalue weighted by atomic mass is 10.1. The summed E-state index contributed by atoms with van der Waals surface area (Å²) in [6.45, 7) is 1.94.